The Kier molecular flexibility index (Phi) is 4.61. The van der Waals surface area contributed by atoms with E-state index in [9.17, 15) is 18.0 Å². The Morgan fingerprint density at radius 3 is 2.50 bits per heavy atom. The van der Waals surface area contributed by atoms with E-state index in [2.05, 4.69) is 4.74 Å². The topological polar surface area (TPSA) is 46.5 Å². The van der Waals surface area contributed by atoms with Crippen LogP contribution < -0.4 is 4.74 Å². The third kappa shape index (κ3) is 4.66. The van der Waals surface area contributed by atoms with Crippen LogP contribution in [0.15, 0.2) is 42.5 Å². The molecule has 0 aromatic heterocycles. The number of hydrogen-bond acceptors (Lipinski definition) is 2. The van der Waals surface area contributed by atoms with Gasteiger partial charge in [-0.25, -0.2) is 0 Å². The lowest BCUT2D eigenvalue weighted by atomic mass is 10.0. The van der Waals surface area contributed by atoms with Gasteiger partial charge in [0.1, 0.15) is 5.75 Å². The molecule has 0 amide bonds. The van der Waals surface area contributed by atoms with Gasteiger partial charge in [0, 0.05) is 5.02 Å². The van der Waals surface area contributed by atoms with Crippen LogP contribution in [0.1, 0.15) is 5.56 Å². The summed E-state index contributed by atoms with van der Waals surface area (Å²) in [5, 5.41) is 9.10. The maximum absolute atomic E-state index is 12.2. The molecule has 7 heteroatoms. The van der Waals surface area contributed by atoms with E-state index in [0.717, 1.165) is 0 Å². The molecule has 2 aromatic rings. The molecular formula is C15H10ClF3O3. The van der Waals surface area contributed by atoms with Gasteiger partial charge in [0.05, 0.1) is 6.42 Å². The molecule has 0 aliphatic carbocycles. The van der Waals surface area contributed by atoms with Crippen LogP contribution in [-0.2, 0) is 11.2 Å². The Morgan fingerprint density at radius 1 is 1.14 bits per heavy atom. The normalized spacial score (nSPS) is 11.3. The van der Waals surface area contributed by atoms with Crippen molar-refractivity contribution in [3.63, 3.8) is 0 Å². The number of benzene rings is 2. The predicted molar refractivity (Wildman–Crippen MR) is 74.9 cm³/mol. The van der Waals surface area contributed by atoms with Crippen molar-refractivity contribution in [2.75, 3.05) is 0 Å². The maximum atomic E-state index is 12.2. The lowest BCUT2D eigenvalue weighted by molar-refractivity contribution is -0.274. The lowest BCUT2D eigenvalue weighted by Crippen LogP contribution is -2.17. The zero-order chi connectivity index (χ0) is 16.3. The minimum absolute atomic E-state index is 0.230. The fourth-order valence-corrected chi connectivity index (χ4v) is 2.22. The molecule has 0 atom stereocenters. The van der Waals surface area contributed by atoms with Crippen LogP contribution >= 0.6 is 11.6 Å². The number of rotatable bonds is 4. The van der Waals surface area contributed by atoms with Crippen LogP contribution in [0.25, 0.3) is 11.1 Å². The molecule has 0 saturated heterocycles. The summed E-state index contributed by atoms with van der Waals surface area (Å²) >= 11 is 5.93. The van der Waals surface area contributed by atoms with Crippen LogP contribution in [0.5, 0.6) is 5.75 Å². The standard InChI is InChI=1S/C15H10ClF3O3/c16-12-5-9(6-14(20)21)4-11(7-12)10-2-1-3-13(8-10)22-15(17,18)19/h1-5,7-8H,6H2,(H,20,21). The monoisotopic (exact) mass is 330 g/mol. The molecule has 0 bridgehead atoms. The molecule has 22 heavy (non-hydrogen) atoms. The summed E-state index contributed by atoms with van der Waals surface area (Å²) in [5.74, 6) is -1.38. The Labute approximate surface area is 128 Å². The molecule has 3 nitrogen and oxygen atoms in total. The fraction of sp³-hybridized carbons (Fsp3) is 0.133. The molecule has 1 N–H and O–H groups in total. The highest BCUT2D eigenvalue weighted by Crippen LogP contribution is 2.30. The smallest absolute Gasteiger partial charge is 0.481 e. The van der Waals surface area contributed by atoms with E-state index in [1.165, 1.54) is 24.3 Å². The zero-order valence-electron chi connectivity index (χ0n) is 11.0. The van der Waals surface area contributed by atoms with Crippen LogP contribution in [0.2, 0.25) is 5.02 Å². The molecular weight excluding hydrogens is 321 g/mol. The largest absolute Gasteiger partial charge is 0.573 e. The molecule has 0 fully saturated rings. The van der Waals surface area contributed by atoms with Crippen LogP contribution in [-0.4, -0.2) is 17.4 Å². The Balaban J connectivity index is 2.37. The summed E-state index contributed by atoms with van der Waals surface area (Å²) in [6.07, 6.45) is -5.01. The summed E-state index contributed by atoms with van der Waals surface area (Å²) in [4.78, 5) is 10.8. The van der Waals surface area contributed by atoms with E-state index in [0.29, 0.717) is 21.7 Å². The van der Waals surface area contributed by atoms with E-state index in [-0.39, 0.29) is 12.2 Å². The number of carbonyl (C=O) groups is 1. The maximum Gasteiger partial charge on any atom is 0.573 e. The Hall–Kier alpha value is -2.21. The molecule has 0 spiro atoms. The second kappa shape index (κ2) is 6.27. The van der Waals surface area contributed by atoms with Gasteiger partial charge in [-0.15, -0.1) is 13.2 Å². The first-order valence-electron chi connectivity index (χ1n) is 6.10. The predicted octanol–water partition coefficient (Wildman–Crippen LogP) is 4.53. The molecule has 0 aliphatic heterocycles. The summed E-state index contributed by atoms with van der Waals surface area (Å²) in [5.41, 5.74) is 1.41. The van der Waals surface area contributed by atoms with Gasteiger partial charge in [-0.05, 0) is 41.0 Å². The van der Waals surface area contributed by atoms with Gasteiger partial charge < -0.3 is 9.84 Å². The first-order chi connectivity index (χ1) is 10.2. The van der Waals surface area contributed by atoms with Crippen molar-refractivity contribution in [2.45, 2.75) is 12.8 Å². The van der Waals surface area contributed by atoms with Crippen molar-refractivity contribution < 1.29 is 27.8 Å². The SMILES string of the molecule is O=C(O)Cc1cc(Cl)cc(-c2cccc(OC(F)(F)F)c2)c1. The number of halogens is 4. The Morgan fingerprint density at radius 2 is 1.86 bits per heavy atom. The highest BCUT2D eigenvalue weighted by Gasteiger charge is 2.31. The number of carboxylic acid groups (broad SMARTS) is 1. The number of aliphatic carboxylic acids is 1. The molecule has 0 unspecified atom stereocenters. The van der Waals surface area contributed by atoms with Crippen LogP contribution in [0.4, 0.5) is 13.2 Å². The van der Waals surface area contributed by atoms with E-state index in [4.69, 9.17) is 16.7 Å². The van der Waals surface area contributed by atoms with Gasteiger partial charge in [-0.2, -0.15) is 0 Å². The van der Waals surface area contributed by atoms with Gasteiger partial charge in [0.15, 0.2) is 0 Å². The summed E-state index contributed by atoms with van der Waals surface area (Å²) in [6, 6.07) is 9.98. The molecule has 2 rings (SSSR count). The van der Waals surface area contributed by atoms with Crippen LogP contribution in [0, 0.1) is 0 Å². The van der Waals surface area contributed by atoms with Crippen molar-refractivity contribution in [3.05, 3.63) is 53.1 Å². The van der Waals surface area contributed by atoms with Crippen molar-refractivity contribution >= 4 is 17.6 Å². The van der Waals surface area contributed by atoms with Gasteiger partial charge >= 0.3 is 12.3 Å². The molecule has 116 valence electrons. The van der Waals surface area contributed by atoms with Gasteiger partial charge in [-0.3, -0.25) is 4.79 Å². The molecule has 2 aromatic carbocycles. The highest BCUT2D eigenvalue weighted by molar-refractivity contribution is 6.31. The lowest BCUT2D eigenvalue weighted by Gasteiger charge is -2.11. The summed E-state index contributed by atoms with van der Waals surface area (Å²) in [7, 11) is 0. The minimum Gasteiger partial charge on any atom is -0.481 e. The second-order valence-electron chi connectivity index (χ2n) is 4.49. The van der Waals surface area contributed by atoms with Crippen molar-refractivity contribution in [1.29, 1.82) is 0 Å². The molecule has 0 saturated carbocycles. The van der Waals surface area contributed by atoms with Gasteiger partial charge in [0.2, 0.25) is 0 Å². The van der Waals surface area contributed by atoms with Gasteiger partial charge in [-0.1, -0.05) is 29.8 Å². The van der Waals surface area contributed by atoms with Crippen LogP contribution in [0.3, 0.4) is 0 Å². The Bertz CT molecular complexity index is 699. The first kappa shape index (κ1) is 16.2. The summed E-state index contributed by atoms with van der Waals surface area (Å²) in [6.45, 7) is 0. The average molecular weight is 331 g/mol. The van der Waals surface area contributed by atoms with E-state index in [1.807, 2.05) is 0 Å². The number of ether oxygens (including phenoxy) is 1. The quantitative estimate of drug-likeness (QED) is 0.895. The fourth-order valence-electron chi connectivity index (χ4n) is 1.97. The number of hydrogen-bond donors (Lipinski definition) is 1. The number of carboxylic acids is 1. The molecule has 0 radical (unpaired) electrons. The third-order valence-electron chi connectivity index (χ3n) is 2.71. The first-order valence-corrected chi connectivity index (χ1v) is 6.48. The minimum atomic E-state index is -4.78. The molecule has 0 aliphatic rings. The second-order valence-corrected chi connectivity index (χ2v) is 4.93. The zero-order valence-corrected chi connectivity index (χ0v) is 11.8. The van der Waals surface area contributed by atoms with E-state index >= 15 is 0 Å². The average Bonchev–Trinajstić information content (AvgIpc) is 2.35. The number of alkyl halides is 3. The molecule has 0 heterocycles. The third-order valence-corrected chi connectivity index (χ3v) is 2.93. The summed E-state index contributed by atoms with van der Waals surface area (Å²) < 4.78 is 40.6. The van der Waals surface area contributed by atoms with Gasteiger partial charge in [0.25, 0.3) is 0 Å². The van der Waals surface area contributed by atoms with Crippen molar-refractivity contribution in [3.8, 4) is 16.9 Å². The van der Waals surface area contributed by atoms with Crippen molar-refractivity contribution in [1.82, 2.24) is 0 Å². The van der Waals surface area contributed by atoms with Crippen molar-refractivity contribution in [2.24, 2.45) is 0 Å². The van der Waals surface area contributed by atoms with E-state index in [1.54, 1.807) is 18.2 Å². The highest BCUT2D eigenvalue weighted by atomic mass is 35.5. The van der Waals surface area contributed by atoms with E-state index < -0.39 is 12.3 Å².